The second-order valence-corrected chi connectivity index (χ2v) is 17.1. The fourth-order valence-electron chi connectivity index (χ4n) is 7.95. The van der Waals surface area contributed by atoms with Gasteiger partial charge in [0.25, 0.3) is 11.8 Å². The lowest BCUT2D eigenvalue weighted by molar-refractivity contribution is -0.133. The molecule has 382 valence electrons. The van der Waals surface area contributed by atoms with Crippen molar-refractivity contribution >= 4 is 74.9 Å². The Kier molecular flexibility index (Phi) is 19.8. The van der Waals surface area contributed by atoms with Crippen LogP contribution in [0.1, 0.15) is 87.4 Å². The van der Waals surface area contributed by atoms with Crippen molar-refractivity contribution in [2.45, 2.75) is 85.9 Å². The number of aliphatic hydroxyl groups excluding tert-OH is 1. The molecule has 1 aliphatic rings. The lowest BCUT2D eigenvalue weighted by Crippen LogP contribution is -2.48. The first-order chi connectivity index (χ1) is 33.9. The van der Waals surface area contributed by atoms with Crippen LogP contribution in [0.25, 0.3) is 22.1 Å². The average Bonchev–Trinajstić information content (AvgIpc) is 3.85. The van der Waals surface area contributed by atoms with Crippen LogP contribution < -0.4 is 43.0 Å². The predicted octanol–water partition coefficient (Wildman–Crippen LogP) is 3.23. The number of methoxy groups -OCH3 is 1. The number of allylic oxidation sites excluding steroid dienone is 4. The number of hydrogen-bond acceptors (Lipinski definition) is 15. The highest BCUT2D eigenvalue weighted by atomic mass is 16.5. The van der Waals surface area contributed by atoms with Crippen LogP contribution in [0.4, 0.5) is 11.9 Å². The topological polar surface area (TPSA) is 319 Å². The van der Waals surface area contributed by atoms with Crippen molar-refractivity contribution in [3.63, 3.8) is 0 Å². The molecule has 11 N–H and O–H groups in total. The van der Waals surface area contributed by atoms with E-state index in [0.29, 0.717) is 104 Å². The number of anilines is 2. The molecule has 0 spiro atoms. The molecule has 22 nitrogen and oxygen atoms in total. The molecule has 2 aromatic carbocycles. The SMILES string of the molecule is CCN=C(C=C(C)N)C(=O)Nc1nc2cc(C(N)=O)cc(OC)c2n1C/C=C/Cn1c(NC(=O)C(C=C(C)N)=NCC)nc2cc(C(N)=O)cc(OCCCN3CCN(C(=O)CCCCC(C)O)CC3)c21. The van der Waals surface area contributed by atoms with Gasteiger partial charge in [-0.2, -0.15) is 0 Å². The third kappa shape index (κ3) is 15.0. The van der Waals surface area contributed by atoms with Crippen molar-refractivity contribution < 1.29 is 38.6 Å². The first-order valence-corrected chi connectivity index (χ1v) is 23.7. The van der Waals surface area contributed by atoms with Crippen molar-refractivity contribution in [3.8, 4) is 11.5 Å². The number of carbonyl (C=O) groups excluding carboxylic acids is 5. The number of amides is 5. The number of carbonyl (C=O) groups is 5. The number of aliphatic imine (C=N–C) groups is 2. The van der Waals surface area contributed by atoms with Gasteiger partial charge in [-0.15, -0.1) is 0 Å². The van der Waals surface area contributed by atoms with Crippen LogP contribution in [0.2, 0.25) is 0 Å². The lowest BCUT2D eigenvalue weighted by atomic mass is 10.1. The number of nitrogens with two attached hydrogens (primary N) is 4. The average molecular weight is 981 g/mol. The molecule has 1 atom stereocenters. The number of ether oxygens (including phenoxy) is 2. The Morgan fingerprint density at radius 2 is 1.24 bits per heavy atom. The summed E-state index contributed by atoms with van der Waals surface area (Å²) in [4.78, 5) is 87.3. The molecule has 1 saturated heterocycles. The summed E-state index contributed by atoms with van der Waals surface area (Å²) in [6.07, 6.45) is 9.48. The van der Waals surface area contributed by atoms with E-state index in [1.165, 1.54) is 37.5 Å². The number of unbranched alkanes of at least 4 members (excludes halogenated alkanes) is 1. The molecule has 3 heterocycles. The van der Waals surface area contributed by atoms with Crippen molar-refractivity contribution in [3.05, 3.63) is 71.1 Å². The lowest BCUT2D eigenvalue weighted by Gasteiger charge is -2.34. The first-order valence-electron chi connectivity index (χ1n) is 23.7. The molecule has 4 aromatic rings. The molecular weight excluding hydrogens is 913 g/mol. The second kappa shape index (κ2) is 25.9. The summed E-state index contributed by atoms with van der Waals surface area (Å²) < 4.78 is 15.5. The molecule has 5 rings (SSSR count). The van der Waals surface area contributed by atoms with E-state index in [1.54, 1.807) is 62.0 Å². The zero-order valence-electron chi connectivity index (χ0n) is 41.5. The first kappa shape index (κ1) is 54.4. The van der Waals surface area contributed by atoms with Crippen molar-refractivity contribution in [2.24, 2.45) is 32.9 Å². The molecule has 2 aromatic heterocycles. The maximum absolute atomic E-state index is 13.8. The Balaban J connectivity index is 1.46. The molecule has 0 saturated carbocycles. The summed E-state index contributed by atoms with van der Waals surface area (Å²) in [5.74, 6) is -1.63. The van der Waals surface area contributed by atoms with Gasteiger partial charge in [-0.25, -0.2) is 9.97 Å². The van der Waals surface area contributed by atoms with Crippen LogP contribution in [0.15, 0.2) is 69.9 Å². The van der Waals surface area contributed by atoms with E-state index in [1.807, 2.05) is 4.90 Å². The fraction of sp³-hybridized carbons (Fsp3) is 0.449. The number of aliphatic hydroxyl groups is 1. The highest BCUT2D eigenvalue weighted by Gasteiger charge is 2.24. The number of benzene rings is 2. The van der Waals surface area contributed by atoms with E-state index < -0.39 is 23.6 Å². The highest BCUT2D eigenvalue weighted by Crippen LogP contribution is 2.33. The molecule has 0 radical (unpaired) electrons. The Hall–Kier alpha value is -7.59. The van der Waals surface area contributed by atoms with Gasteiger partial charge in [0.15, 0.2) is 0 Å². The van der Waals surface area contributed by atoms with Crippen LogP contribution in [0.5, 0.6) is 11.5 Å². The molecule has 1 fully saturated rings. The van der Waals surface area contributed by atoms with E-state index in [9.17, 15) is 29.1 Å². The van der Waals surface area contributed by atoms with Crippen molar-refractivity contribution in [2.75, 3.05) is 70.2 Å². The number of fused-ring (bicyclic) bond motifs is 2. The third-order valence-electron chi connectivity index (χ3n) is 11.3. The third-order valence-corrected chi connectivity index (χ3v) is 11.3. The summed E-state index contributed by atoms with van der Waals surface area (Å²) in [7, 11) is 1.44. The zero-order valence-corrected chi connectivity index (χ0v) is 41.5. The molecule has 5 amide bonds. The summed E-state index contributed by atoms with van der Waals surface area (Å²) in [6, 6.07) is 6.06. The second-order valence-electron chi connectivity index (χ2n) is 17.1. The van der Waals surface area contributed by atoms with E-state index >= 15 is 0 Å². The molecule has 71 heavy (non-hydrogen) atoms. The molecule has 1 unspecified atom stereocenters. The minimum atomic E-state index is -0.704. The number of nitrogens with zero attached hydrogens (tertiary/aromatic N) is 8. The van der Waals surface area contributed by atoms with Crippen LogP contribution in [-0.4, -0.2) is 141 Å². The Bertz CT molecular complexity index is 2730. The Morgan fingerprint density at radius 3 is 1.69 bits per heavy atom. The van der Waals surface area contributed by atoms with E-state index in [4.69, 9.17) is 37.4 Å². The minimum Gasteiger partial charge on any atom is -0.494 e. The summed E-state index contributed by atoms with van der Waals surface area (Å²) in [6.45, 7) is 13.1. The van der Waals surface area contributed by atoms with Gasteiger partial charge in [-0.05, 0) is 90.3 Å². The quantitative estimate of drug-likeness (QED) is 0.0285. The molecule has 22 heteroatoms. The van der Waals surface area contributed by atoms with E-state index in [-0.39, 0.29) is 71.9 Å². The van der Waals surface area contributed by atoms with Gasteiger partial charge < -0.3 is 51.5 Å². The van der Waals surface area contributed by atoms with Crippen LogP contribution in [0, 0.1) is 0 Å². The van der Waals surface area contributed by atoms with Gasteiger partial charge in [0.1, 0.15) is 34.0 Å². The number of primary amides is 2. The maximum atomic E-state index is 13.8. The van der Waals surface area contributed by atoms with Crippen LogP contribution in [-0.2, 0) is 27.5 Å². The van der Waals surface area contributed by atoms with E-state index in [0.717, 1.165) is 12.8 Å². The summed E-state index contributed by atoms with van der Waals surface area (Å²) in [5.41, 5.74) is 26.0. The standard InChI is InChI=1S/C49H68N14O8/c1-7-54-37(24-30(3)50)46(68)58-48-56-35-26-33(44(52)66)28-39(70-6)42(35)62(48)17-11-12-18-63-43-36(57-49(63)59-47(69)38(55-8-2)25-31(4)51)27-34(45(53)67)29-40(43)71-23-13-16-60-19-21-61(22-20-60)41(65)15-10-9-14-32(5)64/h11-12,24-29,32,64H,7-10,13-23,50-51H2,1-6H3,(H2,52,66)(H2,53,67)(H,56,58,68)(H,57,59,69)/b12-11+,30-24?,31-25?,54-37?,55-38?. The summed E-state index contributed by atoms with van der Waals surface area (Å²) >= 11 is 0. The monoisotopic (exact) mass is 981 g/mol. The van der Waals surface area contributed by atoms with Crippen molar-refractivity contribution in [1.29, 1.82) is 0 Å². The Labute approximate surface area is 412 Å². The molecule has 1 aliphatic heterocycles. The van der Waals surface area contributed by atoms with Gasteiger partial charge >= 0.3 is 0 Å². The summed E-state index contributed by atoms with van der Waals surface area (Å²) in [5, 5.41) is 15.2. The van der Waals surface area contributed by atoms with Gasteiger partial charge in [-0.3, -0.25) is 49.5 Å². The van der Waals surface area contributed by atoms with Gasteiger partial charge in [-0.1, -0.05) is 18.6 Å². The minimum absolute atomic E-state index is 0.0770. The van der Waals surface area contributed by atoms with Crippen molar-refractivity contribution in [1.82, 2.24) is 28.9 Å². The fourth-order valence-corrected chi connectivity index (χ4v) is 7.95. The molecular formula is C49H68N14O8. The van der Waals surface area contributed by atoms with Crippen LogP contribution in [0.3, 0.4) is 0 Å². The zero-order chi connectivity index (χ0) is 51.8. The van der Waals surface area contributed by atoms with Gasteiger partial charge in [0.05, 0.1) is 30.9 Å². The number of piperazine rings is 1. The number of imidazole rings is 2. The Morgan fingerprint density at radius 1 is 0.746 bits per heavy atom. The maximum Gasteiger partial charge on any atom is 0.276 e. The smallest absolute Gasteiger partial charge is 0.276 e. The van der Waals surface area contributed by atoms with Gasteiger partial charge in [0, 0.05) is 87.8 Å². The molecule has 0 bridgehead atoms. The number of rotatable bonds is 25. The van der Waals surface area contributed by atoms with E-state index in [2.05, 4.69) is 30.5 Å². The van der Waals surface area contributed by atoms with Gasteiger partial charge in [0.2, 0.25) is 29.6 Å². The number of nitrogens with one attached hydrogen (secondary N) is 2. The molecule has 0 aliphatic carbocycles. The number of aromatic nitrogens is 4. The largest absolute Gasteiger partial charge is 0.494 e. The highest BCUT2D eigenvalue weighted by molar-refractivity contribution is 6.47. The normalized spacial score (nSPS) is 14.6. The van der Waals surface area contributed by atoms with Crippen LogP contribution >= 0.6 is 0 Å². The number of hydrogen-bond donors (Lipinski definition) is 7. The predicted molar refractivity (Wildman–Crippen MR) is 275 cm³/mol.